The largest absolute Gasteiger partial charge is 0.376 e. The van der Waals surface area contributed by atoms with Gasteiger partial charge in [-0.05, 0) is 18.3 Å². The van der Waals surface area contributed by atoms with E-state index >= 15 is 0 Å². The molecule has 3 N–H and O–H groups in total. The molecule has 0 radical (unpaired) electrons. The van der Waals surface area contributed by atoms with Gasteiger partial charge in [0, 0.05) is 6.20 Å². The number of hydrogen-bond donors (Lipinski definition) is 2. The van der Waals surface area contributed by atoms with Crippen LogP contribution in [0.5, 0.6) is 0 Å². The number of aromatic nitrogens is 2. The van der Waals surface area contributed by atoms with Gasteiger partial charge < -0.3 is 11.1 Å². The predicted octanol–water partition coefficient (Wildman–Crippen LogP) is 0.785. The highest BCUT2D eigenvalue weighted by Gasteiger charge is 1.95. The predicted molar refractivity (Wildman–Crippen MR) is 47.5 cm³/mol. The first kappa shape index (κ1) is 8.16. The summed E-state index contributed by atoms with van der Waals surface area (Å²) in [5, 5.41) is 3.01. The molecule has 0 bridgehead atoms. The number of thiocarbonyl (C=S) groups is 1. The van der Waals surface area contributed by atoms with Crippen LogP contribution in [0.3, 0.4) is 0 Å². The highest BCUT2D eigenvalue weighted by atomic mass is 35.5. The van der Waals surface area contributed by atoms with Gasteiger partial charge in [0.25, 0.3) is 0 Å². The summed E-state index contributed by atoms with van der Waals surface area (Å²) in [7, 11) is 0. The van der Waals surface area contributed by atoms with Crippen LogP contribution in [-0.2, 0) is 0 Å². The Bertz CT molecular complexity index is 277. The maximum absolute atomic E-state index is 5.55. The monoisotopic (exact) mass is 188 g/mol. The summed E-state index contributed by atoms with van der Waals surface area (Å²) in [6.45, 7) is 0. The zero-order valence-electron chi connectivity index (χ0n) is 5.41. The van der Waals surface area contributed by atoms with Crippen LogP contribution in [0.15, 0.2) is 12.3 Å². The first-order chi connectivity index (χ1) is 5.18. The maximum Gasteiger partial charge on any atom is 0.230 e. The minimum atomic E-state index is 0.118. The zero-order valence-corrected chi connectivity index (χ0v) is 6.99. The third-order valence-electron chi connectivity index (χ3n) is 0.857. The van der Waals surface area contributed by atoms with Gasteiger partial charge in [0.1, 0.15) is 5.15 Å². The normalized spacial score (nSPS) is 9.18. The van der Waals surface area contributed by atoms with Gasteiger partial charge in [0.2, 0.25) is 5.95 Å². The van der Waals surface area contributed by atoms with Gasteiger partial charge >= 0.3 is 0 Å². The Morgan fingerprint density at radius 3 is 3.00 bits per heavy atom. The Morgan fingerprint density at radius 2 is 2.45 bits per heavy atom. The summed E-state index contributed by atoms with van der Waals surface area (Å²) in [4.78, 5) is 7.59. The molecule has 4 nitrogen and oxygen atoms in total. The lowest BCUT2D eigenvalue weighted by molar-refractivity contribution is 1.18. The molecule has 1 heterocycles. The molecule has 0 amide bonds. The molecule has 0 fully saturated rings. The second kappa shape index (κ2) is 3.45. The van der Waals surface area contributed by atoms with Gasteiger partial charge in [-0.15, -0.1) is 0 Å². The number of halogens is 1. The van der Waals surface area contributed by atoms with E-state index in [0.29, 0.717) is 11.1 Å². The third kappa shape index (κ3) is 2.65. The summed E-state index contributed by atoms with van der Waals surface area (Å²) in [5.41, 5.74) is 5.17. The van der Waals surface area contributed by atoms with E-state index in [9.17, 15) is 0 Å². The molecular formula is C5H5ClN4S. The lowest BCUT2D eigenvalue weighted by Crippen LogP contribution is -2.20. The third-order valence-corrected chi connectivity index (χ3v) is 1.17. The molecule has 0 unspecified atom stereocenters. The first-order valence-electron chi connectivity index (χ1n) is 2.73. The van der Waals surface area contributed by atoms with Crippen LogP contribution in [-0.4, -0.2) is 15.1 Å². The van der Waals surface area contributed by atoms with Crippen molar-refractivity contribution in [1.29, 1.82) is 0 Å². The van der Waals surface area contributed by atoms with E-state index in [1.165, 1.54) is 6.20 Å². The molecule has 1 aromatic rings. The number of nitrogens with one attached hydrogen (secondary N) is 1. The standard InChI is InChI=1S/C5H5ClN4S/c6-3-1-2-8-5(9-3)10-4(7)11/h1-2H,(H3,7,8,9,10,11). The van der Waals surface area contributed by atoms with Crippen LogP contribution in [0.25, 0.3) is 0 Å². The Kier molecular flexibility index (Phi) is 2.56. The van der Waals surface area contributed by atoms with Crippen molar-refractivity contribution < 1.29 is 0 Å². The van der Waals surface area contributed by atoms with Crippen LogP contribution < -0.4 is 11.1 Å². The Balaban J connectivity index is 2.79. The Morgan fingerprint density at radius 1 is 1.73 bits per heavy atom. The van der Waals surface area contributed by atoms with Crippen molar-refractivity contribution >= 4 is 34.9 Å². The van der Waals surface area contributed by atoms with Crippen molar-refractivity contribution in [3.63, 3.8) is 0 Å². The van der Waals surface area contributed by atoms with E-state index < -0.39 is 0 Å². The molecule has 0 aromatic carbocycles. The number of nitrogens with zero attached hydrogens (tertiary/aromatic N) is 2. The molecule has 0 spiro atoms. The molecule has 6 heteroatoms. The van der Waals surface area contributed by atoms with Gasteiger partial charge in [-0.1, -0.05) is 11.6 Å². The van der Waals surface area contributed by atoms with Gasteiger partial charge in [-0.25, -0.2) is 9.97 Å². The van der Waals surface area contributed by atoms with E-state index in [1.54, 1.807) is 6.07 Å². The molecule has 0 aliphatic heterocycles. The summed E-state index contributed by atoms with van der Waals surface area (Å²) < 4.78 is 0. The quantitative estimate of drug-likeness (QED) is 0.504. The Hall–Kier alpha value is -0.940. The topological polar surface area (TPSA) is 63.8 Å². The van der Waals surface area contributed by atoms with Crippen molar-refractivity contribution in [2.45, 2.75) is 0 Å². The number of hydrogen-bond acceptors (Lipinski definition) is 3. The molecule has 0 aliphatic carbocycles. The van der Waals surface area contributed by atoms with Gasteiger partial charge in [-0.2, -0.15) is 0 Å². The van der Waals surface area contributed by atoms with Gasteiger partial charge in [-0.3, -0.25) is 0 Å². The van der Waals surface area contributed by atoms with E-state index in [2.05, 4.69) is 27.5 Å². The van der Waals surface area contributed by atoms with Crippen LogP contribution in [0.4, 0.5) is 5.95 Å². The lowest BCUT2D eigenvalue weighted by atomic mass is 10.7. The van der Waals surface area contributed by atoms with Crippen LogP contribution in [0.1, 0.15) is 0 Å². The highest BCUT2D eigenvalue weighted by molar-refractivity contribution is 7.80. The van der Waals surface area contributed by atoms with Crippen molar-refractivity contribution in [2.24, 2.45) is 5.73 Å². The fraction of sp³-hybridized carbons (Fsp3) is 0. The minimum Gasteiger partial charge on any atom is -0.376 e. The number of nitrogens with two attached hydrogens (primary N) is 1. The number of rotatable bonds is 1. The van der Waals surface area contributed by atoms with Gasteiger partial charge in [0.15, 0.2) is 5.11 Å². The van der Waals surface area contributed by atoms with E-state index in [-0.39, 0.29) is 5.11 Å². The van der Waals surface area contributed by atoms with Gasteiger partial charge in [0.05, 0.1) is 0 Å². The average Bonchev–Trinajstić information content (AvgIpc) is 1.85. The summed E-state index contributed by atoms with van der Waals surface area (Å²) in [6, 6.07) is 1.56. The first-order valence-corrected chi connectivity index (χ1v) is 3.52. The fourth-order valence-electron chi connectivity index (χ4n) is 0.507. The van der Waals surface area contributed by atoms with E-state index in [1.807, 2.05) is 0 Å². The molecule has 0 atom stereocenters. The van der Waals surface area contributed by atoms with E-state index in [0.717, 1.165) is 0 Å². The molecule has 1 rings (SSSR count). The lowest BCUT2D eigenvalue weighted by Gasteiger charge is -1.99. The molecule has 11 heavy (non-hydrogen) atoms. The van der Waals surface area contributed by atoms with Crippen molar-refractivity contribution in [2.75, 3.05) is 5.32 Å². The fourth-order valence-corrected chi connectivity index (χ4v) is 0.735. The molecule has 0 aliphatic rings. The zero-order chi connectivity index (χ0) is 8.27. The molecule has 0 saturated carbocycles. The molecule has 0 saturated heterocycles. The van der Waals surface area contributed by atoms with Crippen molar-refractivity contribution in [3.05, 3.63) is 17.4 Å². The summed E-state index contributed by atoms with van der Waals surface area (Å²) in [5.74, 6) is 0.310. The minimum absolute atomic E-state index is 0.118. The smallest absolute Gasteiger partial charge is 0.230 e. The van der Waals surface area contributed by atoms with Crippen LogP contribution in [0.2, 0.25) is 5.15 Å². The highest BCUT2D eigenvalue weighted by Crippen LogP contribution is 2.04. The van der Waals surface area contributed by atoms with Crippen molar-refractivity contribution in [3.8, 4) is 0 Å². The second-order valence-corrected chi connectivity index (χ2v) is 2.52. The number of anilines is 1. The molecular weight excluding hydrogens is 184 g/mol. The summed E-state index contributed by atoms with van der Waals surface area (Å²) in [6.07, 6.45) is 1.51. The van der Waals surface area contributed by atoms with Crippen molar-refractivity contribution in [1.82, 2.24) is 9.97 Å². The second-order valence-electron chi connectivity index (χ2n) is 1.69. The molecule has 58 valence electrons. The summed E-state index contributed by atoms with van der Waals surface area (Å²) >= 11 is 10.1. The van der Waals surface area contributed by atoms with E-state index in [4.69, 9.17) is 17.3 Å². The van der Waals surface area contributed by atoms with Crippen LogP contribution >= 0.6 is 23.8 Å². The Labute approximate surface area is 73.8 Å². The van der Waals surface area contributed by atoms with Crippen LogP contribution in [0, 0.1) is 0 Å². The average molecular weight is 189 g/mol. The maximum atomic E-state index is 5.55. The SMILES string of the molecule is NC(=S)Nc1nccc(Cl)n1. The molecule has 1 aromatic heterocycles.